The van der Waals surface area contributed by atoms with Crippen molar-refractivity contribution in [2.45, 2.75) is 38.1 Å². The maximum absolute atomic E-state index is 13.9. The number of hydrogen-bond donors (Lipinski definition) is 1. The van der Waals surface area contributed by atoms with Crippen molar-refractivity contribution in [2.75, 3.05) is 11.1 Å². The van der Waals surface area contributed by atoms with E-state index in [1.807, 2.05) is 13.8 Å². The minimum absolute atomic E-state index is 0.184. The Kier molecular flexibility index (Phi) is 4.67. The molecule has 1 aliphatic rings. The fraction of sp³-hybridized carbons (Fsp3) is 0.316. The number of halogens is 1. The van der Waals surface area contributed by atoms with Crippen molar-refractivity contribution in [3.8, 4) is 0 Å². The molecule has 1 aliphatic carbocycles. The van der Waals surface area contributed by atoms with Gasteiger partial charge < -0.3 is 5.32 Å². The quantitative estimate of drug-likeness (QED) is 0.522. The number of aryl methyl sites for hydroxylation is 4. The van der Waals surface area contributed by atoms with Gasteiger partial charge in [0.15, 0.2) is 0 Å². The first-order chi connectivity index (χ1) is 12.5. The second-order valence-electron chi connectivity index (χ2n) is 6.43. The fourth-order valence-electron chi connectivity index (χ4n) is 3.21. The molecule has 26 heavy (non-hydrogen) atoms. The summed E-state index contributed by atoms with van der Waals surface area (Å²) in [4.78, 5) is 23.8. The van der Waals surface area contributed by atoms with Gasteiger partial charge >= 0.3 is 0 Å². The van der Waals surface area contributed by atoms with Crippen molar-refractivity contribution in [3.63, 3.8) is 0 Å². The molecule has 1 amide bonds. The number of carbonyl (C=O) groups is 1. The summed E-state index contributed by atoms with van der Waals surface area (Å²) < 4.78 is 13.9. The average molecular weight is 388 g/mol. The average Bonchev–Trinajstić information content (AvgIpc) is 3.15. The van der Waals surface area contributed by atoms with Gasteiger partial charge in [0.2, 0.25) is 5.91 Å². The summed E-state index contributed by atoms with van der Waals surface area (Å²) in [6.45, 7) is 3.68. The van der Waals surface area contributed by atoms with Crippen LogP contribution in [-0.2, 0) is 17.6 Å². The normalized spacial score (nSPS) is 13.2. The lowest BCUT2D eigenvalue weighted by molar-refractivity contribution is -0.113. The number of thioether (sulfide) groups is 1. The Bertz CT molecular complexity index is 1020. The van der Waals surface area contributed by atoms with E-state index in [2.05, 4.69) is 15.3 Å². The lowest BCUT2D eigenvalue weighted by Gasteiger charge is -2.08. The van der Waals surface area contributed by atoms with E-state index in [0.29, 0.717) is 5.82 Å². The Balaban J connectivity index is 1.53. The number of benzene rings is 1. The highest BCUT2D eigenvalue weighted by Gasteiger charge is 2.22. The summed E-state index contributed by atoms with van der Waals surface area (Å²) in [7, 11) is 0. The number of amides is 1. The minimum Gasteiger partial charge on any atom is -0.323 e. The maximum atomic E-state index is 13.9. The molecule has 0 aliphatic heterocycles. The first kappa shape index (κ1) is 17.4. The fourth-order valence-corrected chi connectivity index (χ4v) is 5.48. The molecule has 0 saturated carbocycles. The third kappa shape index (κ3) is 3.33. The van der Waals surface area contributed by atoms with Crippen LogP contribution in [0.2, 0.25) is 0 Å². The van der Waals surface area contributed by atoms with Crippen LogP contribution in [0.3, 0.4) is 0 Å². The molecule has 0 atom stereocenters. The van der Waals surface area contributed by atoms with Gasteiger partial charge in [0.05, 0.1) is 11.4 Å². The monoisotopic (exact) mass is 387 g/mol. The second-order valence-corrected chi connectivity index (χ2v) is 8.48. The highest BCUT2D eigenvalue weighted by molar-refractivity contribution is 8.00. The largest absolute Gasteiger partial charge is 0.323 e. The van der Waals surface area contributed by atoms with Gasteiger partial charge in [-0.1, -0.05) is 17.8 Å². The molecule has 1 aromatic carbocycles. The SMILES string of the molecule is Cc1ccc(NC(=O)CSc2nc(C)nc3sc4c(c23)CCC4)c(F)c1. The zero-order chi connectivity index (χ0) is 18.3. The number of thiophene rings is 1. The molecule has 0 saturated heterocycles. The molecule has 2 aromatic heterocycles. The Morgan fingerprint density at radius 2 is 2.15 bits per heavy atom. The van der Waals surface area contributed by atoms with Crippen LogP contribution in [0.1, 0.15) is 28.2 Å². The number of nitrogens with zero attached hydrogens (tertiary/aromatic N) is 2. The van der Waals surface area contributed by atoms with Crippen LogP contribution in [0.15, 0.2) is 23.2 Å². The summed E-state index contributed by atoms with van der Waals surface area (Å²) in [5.41, 5.74) is 2.37. The number of carbonyl (C=O) groups excluding carboxylic acids is 1. The van der Waals surface area contributed by atoms with Gasteiger partial charge in [-0.2, -0.15) is 0 Å². The van der Waals surface area contributed by atoms with Crippen molar-refractivity contribution in [1.82, 2.24) is 9.97 Å². The van der Waals surface area contributed by atoms with Gasteiger partial charge in [0, 0.05) is 10.3 Å². The van der Waals surface area contributed by atoms with Crippen LogP contribution < -0.4 is 5.32 Å². The van der Waals surface area contributed by atoms with Gasteiger partial charge in [-0.25, -0.2) is 14.4 Å². The highest BCUT2D eigenvalue weighted by Crippen LogP contribution is 2.40. The van der Waals surface area contributed by atoms with Crippen LogP contribution in [0.5, 0.6) is 0 Å². The van der Waals surface area contributed by atoms with Crippen LogP contribution in [0.4, 0.5) is 10.1 Å². The summed E-state index contributed by atoms with van der Waals surface area (Å²) in [5, 5.41) is 4.60. The molecule has 0 unspecified atom stereocenters. The third-order valence-corrected chi connectivity index (χ3v) is 6.54. The first-order valence-corrected chi connectivity index (χ1v) is 10.3. The Morgan fingerprint density at radius 3 is 2.96 bits per heavy atom. The van der Waals surface area contributed by atoms with Crippen LogP contribution in [0.25, 0.3) is 10.2 Å². The van der Waals surface area contributed by atoms with Crippen molar-refractivity contribution in [3.05, 3.63) is 45.8 Å². The Labute approximate surface area is 159 Å². The maximum Gasteiger partial charge on any atom is 0.234 e. The van der Waals surface area contributed by atoms with Crippen molar-refractivity contribution in [2.24, 2.45) is 0 Å². The van der Waals surface area contributed by atoms with E-state index >= 15 is 0 Å². The number of nitrogens with one attached hydrogen (secondary N) is 1. The molecular formula is C19H18FN3OS2. The standard InChI is InChI=1S/C19H18FN3OS2/c1-10-6-7-14(13(20)8-10)23-16(24)9-25-18-17-12-4-3-5-15(12)26-19(17)22-11(2)21-18/h6-8H,3-5,9H2,1-2H3,(H,23,24). The molecule has 7 heteroatoms. The topological polar surface area (TPSA) is 54.9 Å². The molecule has 4 rings (SSSR count). The number of aromatic nitrogens is 2. The number of hydrogen-bond acceptors (Lipinski definition) is 5. The zero-order valence-corrected chi connectivity index (χ0v) is 16.2. The molecule has 1 N–H and O–H groups in total. The summed E-state index contributed by atoms with van der Waals surface area (Å²) in [6.07, 6.45) is 3.32. The number of rotatable bonds is 4. The highest BCUT2D eigenvalue weighted by atomic mass is 32.2. The van der Waals surface area contributed by atoms with Crippen molar-refractivity contribution in [1.29, 1.82) is 0 Å². The van der Waals surface area contributed by atoms with Crippen LogP contribution >= 0.6 is 23.1 Å². The van der Waals surface area contributed by atoms with Gasteiger partial charge in [-0.15, -0.1) is 11.3 Å². The summed E-state index contributed by atoms with van der Waals surface area (Å²) in [6, 6.07) is 4.78. The van der Waals surface area contributed by atoms with Gasteiger partial charge in [0.25, 0.3) is 0 Å². The van der Waals surface area contributed by atoms with Crippen molar-refractivity contribution < 1.29 is 9.18 Å². The van der Waals surface area contributed by atoms with E-state index in [1.54, 1.807) is 23.5 Å². The second kappa shape index (κ2) is 6.96. The number of fused-ring (bicyclic) bond motifs is 3. The Morgan fingerprint density at radius 1 is 1.31 bits per heavy atom. The van der Waals surface area contributed by atoms with E-state index in [0.717, 1.165) is 33.6 Å². The molecule has 4 nitrogen and oxygen atoms in total. The van der Waals surface area contributed by atoms with E-state index < -0.39 is 5.82 Å². The van der Waals surface area contributed by atoms with E-state index in [1.165, 1.54) is 34.7 Å². The summed E-state index contributed by atoms with van der Waals surface area (Å²) >= 11 is 3.13. The van der Waals surface area contributed by atoms with E-state index in [9.17, 15) is 9.18 Å². The predicted octanol–water partition coefficient (Wildman–Crippen LogP) is 4.67. The first-order valence-electron chi connectivity index (χ1n) is 8.49. The van der Waals surface area contributed by atoms with Crippen LogP contribution in [-0.4, -0.2) is 21.6 Å². The third-order valence-electron chi connectivity index (χ3n) is 4.38. The van der Waals surface area contributed by atoms with Crippen LogP contribution in [0, 0.1) is 19.7 Å². The van der Waals surface area contributed by atoms with Crippen molar-refractivity contribution >= 4 is 44.9 Å². The zero-order valence-electron chi connectivity index (χ0n) is 14.6. The minimum atomic E-state index is -0.417. The predicted molar refractivity (Wildman–Crippen MR) is 105 cm³/mol. The molecule has 0 radical (unpaired) electrons. The smallest absolute Gasteiger partial charge is 0.234 e. The lowest BCUT2D eigenvalue weighted by atomic mass is 10.2. The van der Waals surface area contributed by atoms with Gasteiger partial charge in [-0.05, 0) is 56.4 Å². The van der Waals surface area contributed by atoms with Gasteiger partial charge in [-0.3, -0.25) is 4.79 Å². The Hall–Kier alpha value is -1.99. The molecule has 0 fully saturated rings. The molecule has 0 bridgehead atoms. The van der Waals surface area contributed by atoms with E-state index in [4.69, 9.17) is 0 Å². The number of anilines is 1. The lowest BCUT2D eigenvalue weighted by Crippen LogP contribution is -2.15. The molecule has 2 heterocycles. The molecule has 0 spiro atoms. The van der Waals surface area contributed by atoms with Gasteiger partial charge in [0.1, 0.15) is 21.5 Å². The molecule has 3 aromatic rings. The van der Waals surface area contributed by atoms with E-state index in [-0.39, 0.29) is 17.3 Å². The summed E-state index contributed by atoms with van der Waals surface area (Å²) in [5.74, 6) is 0.238. The molecular weight excluding hydrogens is 369 g/mol. The molecule has 134 valence electrons.